The molecule has 0 atom stereocenters. The maximum Gasteiger partial charge on any atom is 0.182 e. The van der Waals surface area contributed by atoms with Crippen LogP contribution in [-0.2, 0) is 0 Å². The van der Waals surface area contributed by atoms with E-state index >= 15 is 0 Å². The van der Waals surface area contributed by atoms with Gasteiger partial charge in [0.25, 0.3) is 0 Å². The van der Waals surface area contributed by atoms with Gasteiger partial charge in [-0.05, 0) is 41.0 Å². The minimum atomic E-state index is -0.110. The maximum atomic E-state index is 11.8. The third-order valence-corrected chi connectivity index (χ3v) is 4.96. The van der Waals surface area contributed by atoms with Crippen LogP contribution in [0.1, 0.15) is 0 Å². The Bertz CT molecular complexity index is 1320. The summed E-state index contributed by atoms with van der Waals surface area (Å²) in [6.07, 6.45) is 0. The smallest absolute Gasteiger partial charge is 0.182 e. The molecule has 3 nitrogen and oxygen atoms in total. The van der Waals surface area contributed by atoms with Crippen molar-refractivity contribution in [2.75, 3.05) is 0 Å². The third-order valence-electron chi connectivity index (χ3n) is 4.96. The summed E-state index contributed by atoms with van der Waals surface area (Å²) in [5.74, 6) is 0.631. The lowest BCUT2D eigenvalue weighted by Gasteiger charge is -2.15. The van der Waals surface area contributed by atoms with E-state index in [1.165, 1.54) is 6.07 Å². The topological polar surface area (TPSA) is 50.4 Å². The summed E-state index contributed by atoms with van der Waals surface area (Å²) in [5.41, 5.74) is 5.60. The van der Waals surface area contributed by atoms with Gasteiger partial charge in [-0.15, -0.1) is 0 Å². The fourth-order valence-corrected chi connectivity index (χ4v) is 3.63. The van der Waals surface area contributed by atoms with Crippen LogP contribution in [0, 0.1) is 0 Å². The summed E-state index contributed by atoms with van der Waals surface area (Å²) in [4.78, 5) is 11.8. The zero-order chi connectivity index (χ0) is 19.1. The van der Waals surface area contributed by atoms with Crippen LogP contribution < -0.4 is 5.43 Å². The molecule has 3 aromatic rings. The van der Waals surface area contributed by atoms with Crippen LogP contribution in [0.15, 0.2) is 100 Å². The van der Waals surface area contributed by atoms with Crippen LogP contribution in [0.2, 0.25) is 0 Å². The molecule has 1 heterocycles. The van der Waals surface area contributed by atoms with Gasteiger partial charge >= 0.3 is 0 Å². The van der Waals surface area contributed by atoms with Gasteiger partial charge < -0.3 is 9.52 Å². The second-order valence-corrected chi connectivity index (χ2v) is 6.76. The molecule has 28 heavy (non-hydrogen) atoms. The molecule has 0 unspecified atom stereocenters. The van der Waals surface area contributed by atoms with E-state index < -0.39 is 0 Å². The van der Waals surface area contributed by atoms with E-state index in [4.69, 9.17) is 4.42 Å². The van der Waals surface area contributed by atoms with Crippen LogP contribution in [0.5, 0.6) is 5.75 Å². The number of benzene rings is 4. The van der Waals surface area contributed by atoms with Gasteiger partial charge in [0, 0.05) is 28.6 Å². The molecule has 0 fully saturated rings. The third kappa shape index (κ3) is 2.74. The molecule has 0 radical (unpaired) electrons. The highest BCUT2D eigenvalue weighted by Gasteiger charge is 2.17. The number of hydrogen-bond acceptors (Lipinski definition) is 3. The lowest BCUT2D eigenvalue weighted by molar-refractivity contribution is 0.474. The molecule has 0 amide bonds. The van der Waals surface area contributed by atoms with Crippen LogP contribution >= 0.6 is 0 Å². The van der Waals surface area contributed by atoms with Crippen molar-refractivity contribution in [3.63, 3.8) is 0 Å². The minimum Gasteiger partial charge on any atom is -0.508 e. The predicted octanol–water partition coefficient (Wildman–Crippen LogP) is 5.94. The highest BCUT2D eigenvalue weighted by Crippen LogP contribution is 2.41. The average molecular weight is 364 g/mol. The van der Waals surface area contributed by atoms with Gasteiger partial charge in [0.2, 0.25) is 0 Å². The Balaban J connectivity index is 1.76. The summed E-state index contributed by atoms with van der Waals surface area (Å²) in [7, 11) is 0. The molecule has 0 bridgehead atoms. The average Bonchev–Trinajstić information content (AvgIpc) is 2.72. The monoisotopic (exact) mass is 364 g/mol. The van der Waals surface area contributed by atoms with Crippen molar-refractivity contribution in [1.29, 1.82) is 0 Å². The first-order valence-corrected chi connectivity index (χ1v) is 9.04. The van der Waals surface area contributed by atoms with E-state index in [0.717, 1.165) is 33.2 Å². The molecular weight excluding hydrogens is 348 g/mol. The molecule has 0 saturated carbocycles. The van der Waals surface area contributed by atoms with Crippen molar-refractivity contribution in [1.82, 2.24) is 0 Å². The maximum absolute atomic E-state index is 11.8. The fourth-order valence-electron chi connectivity index (χ4n) is 3.63. The first-order chi connectivity index (χ1) is 13.7. The Kier molecular flexibility index (Phi) is 3.73. The van der Waals surface area contributed by atoms with Gasteiger partial charge in [-0.1, -0.05) is 54.6 Å². The molecule has 1 aliphatic carbocycles. The van der Waals surface area contributed by atoms with Crippen molar-refractivity contribution >= 4 is 11.0 Å². The number of phenolic OH excluding ortho intramolecular Hbond substituents is 1. The van der Waals surface area contributed by atoms with Crippen LogP contribution in [0.3, 0.4) is 0 Å². The number of rotatable bonds is 2. The summed E-state index contributed by atoms with van der Waals surface area (Å²) >= 11 is 0. The standard InChI is InChI=1S/C25H16O3/c26-19-10-12-21-23(14-19)28-24-15-20(27)11-13-22(24)25(21)18-8-6-17(7-9-18)16-4-2-1-3-5-16/h1-15,26H. The van der Waals surface area contributed by atoms with Crippen molar-refractivity contribution in [3.8, 4) is 39.3 Å². The highest BCUT2D eigenvalue weighted by molar-refractivity contribution is 6.02. The predicted molar refractivity (Wildman–Crippen MR) is 112 cm³/mol. The lowest BCUT2D eigenvalue weighted by atomic mass is 9.92. The molecule has 3 heteroatoms. The number of hydrogen-bond donors (Lipinski definition) is 1. The van der Waals surface area contributed by atoms with Crippen molar-refractivity contribution < 1.29 is 9.52 Å². The molecule has 5 rings (SSSR count). The molecule has 1 aliphatic heterocycles. The first kappa shape index (κ1) is 16.3. The Hall–Kier alpha value is -3.85. The van der Waals surface area contributed by atoms with Gasteiger partial charge in [0.15, 0.2) is 5.43 Å². The Morgan fingerprint density at radius 3 is 2.18 bits per heavy atom. The van der Waals surface area contributed by atoms with E-state index in [-0.39, 0.29) is 11.2 Å². The van der Waals surface area contributed by atoms with E-state index in [1.54, 1.807) is 24.3 Å². The zero-order valence-corrected chi connectivity index (χ0v) is 14.9. The summed E-state index contributed by atoms with van der Waals surface area (Å²) in [6, 6.07) is 28.5. The quantitative estimate of drug-likeness (QED) is 0.395. The highest BCUT2D eigenvalue weighted by atomic mass is 16.3. The van der Waals surface area contributed by atoms with E-state index in [1.807, 2.05) is 24.3 Å². The van der Waals surface area contributed by atoms with Gasteiger partial charge in [-0.2, -0.15) is 0 Å². The molecule has 0 saturated heterocycles. The Labute approximate surface area is 161 Å². The van der Waals surface area contributed by atoms with Crippen molar-refractivity contribution in [2.45, 2.75) is 0 Å². The van der Waals surface area contributed by atoms with E-state index in [0.29, 0.717) is 11.3 Å². The van der Waals surface area contributed by atoms with Crippen LogP contribution in [-0.4, -0.2) is 5.11 Å². The molecule has 3 aromatic carbocycles. The summed E-state index contributed by atoms with van der Waals surface area (Å²) < 4.78 is 5.90. The molecule has 0 aromatic heterocycles. The van der Waals surface area contributed by atoms with Gasteiger partial charge in [0.1, 0.15) is 17.1 Å². The van der Waals surface area contributed by atoms with Gasteiger partial charge in [-0.3, -0.25) is 4.79 Å². The fraction of sp³-hybridized carbons (Fsp3) is 0. The van der Waals surface area contributed by atoms with Crippen molar-refractivity contribution in [3.05, 3.63) is 101 Å². The molecule has 1 N–H and O–H groups in total. The second-order valence-electron chi connectivity index (χ2n) is 6.76. The molecule has 134 valence electrons. The second kappa shape index (κ2) is 6.39. The summed E-state index contributed by atoms with van der Waals surface area (Å²) in [5, 5.41) is 10.7. The largest absolute Gasteiger partial charge is 0.508 e. The number of phenols is 1. The minimum absolute atomic E-state index is 0.110. The van der Waals surface area contributed by atoms with Crippen LogP contribution in [0.25, 0.3) is 44.5 Å². The first-order valence-electron chi connectivity index (χ1n) is 9.04. The normalized spacial score (nSPS) is 11.1. The van der Waals surface area contributed by atoms with E-state index in [9.17, 15) is 9.90 Å². The van der Waals surface area contributed by atoms with Gasteiger partial charge in [-0.25, -0.2) is 0 Å². The molecule has 0 spiro atoms. The van der Waals surface area contributed by atoms with Gasteiger partial charge in [0.05, 0.1) is 0 Å². The molecule has 2 aliphatic rings. The Morgan fingerprint density at radius 2 is 1.39 bits per heavy atom. The van der Waals surface area contributed by atoms with Crippen molar-refractivity contribution in [2.24, 2.45) is 0 Å². The summed E-state index contributed by atoms with van der Waals surface area (Å²) in [6.45, 7) is 0. The molecular formula is C25H16O3. The Morgan fingerprint density at radius 1 is 0.679 bits per heavy atom. The van der Waals surface area contributed by atoms with Crippen LogP contribution in [0.4, 0.5) is 0 Å². The zero-order valence-electron chi connectivity index (χ0n) is 14.9. The number of aromatic hydroxyl groups is 1. The lowest BCUT2D eigenvalue weighted by Crippen LogP contribution is -1.99. The number of fused-ring (bicyclic) bond motifs is 2. The van der Waals surface area contributed by atoms with E-state index in [2.05, 4.69) is 36.4 Å². The SMILES string of the molecule is O=c1ccc2c(-c3ccc(-c4ccccc4)cc3)c3ccc(O)cc3oc-2c1.